The maximum absolute atomic E-state index is 12.3. The minimum atomic E-state index is -3.68. The van der Waals surface area contributed by atoms with Gasteiger partial charge in [-0.2, -0.15) is 0 Å². The highest BCUT2D eigenvalue weighted by atomic mass is 79.9. The summed E-state index contributed by atoms with van der Waals surface area (Å²) < 4.78 is 27.8. The van der Waals surface area contributed by atoms with Crippen LogP contribution in [0.1, 0.15) is 10.4 Å². The molecule has 0 atom stereocenters. The molecule has 20 heavy (non-hydrogen) atoms. The van der Waals surface area contributed by atoms with Gasteiger partial charge < -0.3 is 5.11 Å². The molecule has 2 rings (SSSR count). The highest BCUT2D eigenvalue weighted by Crippen LogP contribution is 2.31. The number of aliphatic hydroxyl groups excluding tert-OH is 1. The third kappa shape index (κ3) is 3.35. The molecule has 0 aliphatic carbocycles. The highest BCUT2D eigenvalue weighted by molar-refractivity contribution is 9.10. The fraction of sp³-hybridized carbons (Fsp3) is 0.167. The lowest BCUT2D eigenvalue weighted by Crippen LogP contribution is -2.11. The number of aliphatic hydroxyl groups is 1. The summed E-state index contributed by atoms with van der Waals surface area (Å²) in [5.74, 6) is 0. The topological polar surface area (TPSA) is 66.4 Å². The molecule has 0 saturated heterocycles. The third-order valence-electron chi connectivity index (χ3n) is 2.58. The maximum atomic E-state index is 12.3. The number of halogens is 2. The van der Waals surface area contributed by atoms with E-state index >= 15 is 0 Å². The van der Waals surface area contributed by atoms with Crippen LogP contribution in [0.3, 0.4) is 0 Å². The zero-order valence-electron chi connectivity index (χ0n) is 10.4. The van der Waals surface area contributed by atoms with Gasteiger partial charge in [0, 0.05) is 14.4 Å². The number of sulfonamides is 1. The Morgan fingerprint density at radius 1 is 1.40 bits per heavy atom. The van der Waals surface area contributed by atoms with E-state index in [1.54, 1.807) is 31.2 Å². The summed E-state index contributed by atoms with van der Waals surface area (Å²) >= 11 is 10.1. The molecule has 0 aliphatic rings. The SMILES string of the molecule is Cc1cc(S(=O)(=O)Nc2ccc(Cl)cc2Br)sc1CO. The summed E-state index contributed by atoms with van der Waals surface area (Å²) in [5, 5.41) is 9.64. The van der Waals surface area contributed by atoms with E-state index in [1.165, 1.54) is 0 Å². The van der Waals surface area contributed by atoms with Gasteiger partial charge in [-0.1, -0.05) is 11.6 Å². The molecule has 0 spiro atoms. The molecule has 8 heteroatoms. The number of rotatable bonds is 4. The lowest BCUT2D eigenvalue weighted by atomic mass is 10.3. The summed E-state index contributed by atoms with van der Waals surface area (Å²) in [6.07, 6.45) is 0. The van der Waals surface area contributed by atoms with Crippen LogP contribution < -0.4 is 4.72 Å². The van der Waals surface area contributed by atoms with Crippen molar-refractivity contribution in [2.45, 2.75) is 17.7 Å². The summed E-state index contributed by atoms with van der Waals surface area (Å²) in [6, 6.07) is 6.33. The van der Waals surface area contributed by atoms with Gasteiger partial charge in [0.25, 0.3) is 10.0 Å². The zero-order chi connectivity index (χ0) is 14.9. The maximum Gasteiger partial charge on any atom is 0.271 e. The van der Waals surface area contributed by atoms with Gasteiger partial charge in [0.15, 0.2) is 0 Å². The number of nitrogens with one attached hydrogen (secondary N) is 1. The van der Waals surface area contributed by atoms with E-state index in [0.29, 0.717) is 20.1 Å². The molecule has 0 aliphatic heterocycles. The normalized spacial score (nSPS) is 11.6. The molecule has 2 aromatic rings. The minimum absolute atomic E-state index is 0.168. The first-order valence-electron chi connectivity index (χ1n) is 5.51. The quantitative estimate of drug-likeness (QED) is 0.827. The Bertz CT molecular complexity index is 743. The first-order chi connectivity index (χ1) is 9.33. The van der Waals surface area contributed by atoms with Crippen LogP contribution in [0.2, 0.25) is 5.02 Å². The molecule has 0 unspecified atom stereocenters. The van der Waals surface area contributed by atoms with Gasteiger partial charge in [-0.05, 0) is 52.7 Å². The van der Waals surface area contributed by atoms with Crippen molar-refractivity contribution in [3.63, 3.8) is 0 Å². The number of hydrogen-bond donors (Lipinski definition) is 2. The summed E-state index contributed by atoms with van der Waals surface area (Å²) in [5.41, 5.74) is 1.17. The predicted octanol–water partition coefficient (Wildman–Crippen LogP) is 3.77. The average Bonchev–Trinajstić information content (AvgIpc) is 2.75. The molecular weight excluding hydrogens is 386 g/mol. The van der Waals surface area contributed by atoms with Gasteiger partial charge in [0.05, 0.1) is 12.3 Å². The van der Waals surface area contributed by atoms with E-state index in [2.05, 4.69) is 20.7 Å². The minimum Gasteiger partial charge on any atom is -0.391 e. The van der Waals surface area contributed by atoms with Crippen molar-refractivity contribution in [1.29, 1.82) is 0 Å². The summed E-state index contributed by atoms with van der Waals surface area (Å²) in [4.78, 5) is 0.639. The molecule has 2 N–H and O–H groups in total. The van der Waals surface area contributed by atoms with Crippen LogP contribution in [0.5, 0.6) is 0 Å². The Morgan fingerprint density at radius 3 is 2.65 bits per heavy atom. The molecule has 108 valence electrons. The molecule has 0 radical (unpaired) electrons. The Labute approximate surface area is 134 Å². The molecule has 1 heterocycles. The lowest BCUT2D eigenvalue weighted by Gasteiger charge is -2.08. The Kier molecular flexibility index (Phi) is 4.76. The fourth-order valence-electron chi connectivity index (χ4n) is 1.55. The number of thiophene rings is 1. The predicted molar refractivity (Wildman–Crippen MR) is 84.9 cm³/mol. The first kappa shape index (κ1) is 15.8. The van der Waals surface area contributed by atoms with E-state index in [1.807, 2.05) is 0 Å². The van der Waals surface area contributed by atoms with Gasteiger partial charge >= 0.3 is 0 Å². The van der Waals surface area contributed by atoms with Gasteiger partial charge in [0.2, 0.25) is 0 Å². The monoisotopic (exact) mass is 395 g/mol. The Balaban J connectivity index is 2.35. The van der Waals surface area contributed by atoms with Crippen LogP contribution in [0, 0.1) is 6.92 Å². The molecular formula is C12H11BrClNO3S2. The van der Waals surface area contributed by atoms with Crippen molar-refractivity contribution in [2.75, 3.05) is 4.72 Å². The molecule has 0 bridgehead atoms. The lowest BCUT2D eigenvalue weighted by molar-refractivity contribution is 0.285. The van der Waals surface area contributed by atoms with Gasteiger partial charge in [0.1, 0.15) is 4.21 Å². The molecule has 0 fully saturated rings. The second kappa shape index (κ2) is 6.03. The number of anilines is 1. The van der Waals surface area contributed by atoms with Crippen LogP contribution in [-0.2, 0) is 16.6 Å². The molecule has 4 nitrogen and oxygen atoms in total. The van der Waals surface area contributed by atoms with E-state index in [0.717, 1.165) is 16.9 Å². The van der Waals surface area contributed by atoms with Crippen LogP contribution in [0.4, 0.5) is 5.69 Å². The molecule has 1 aromatic carbocycles. The number of aryl methyl sites for hydroxylation is 1. The van der Waals surface area contributed by atoms with Gasteiger partial charge in [-0.3, -0.25) is 4.72 Å². The Hall–Kier alpha value is -0.600. The van der Waals surface area contributed by atoms with Crippen molar-refractivity contribution in [3.8, 4) is 0 Å². The first-order valence-corrected chi connectivity index (χ1v) is 8.98. The molecule has 0 amide bonds. The zero-order valence-corrected chi connectivity index (χ0v) is 14.3. The third-order valence-corrected chi connectivity index (χ3v) is 6.53. The second-order valence-corrected chi connectivity index (χ2v) is 8.40. The van der Waals surface area contributed by atoms with Crippen molar-refractivity contribution in [2.24, 2.45) is 0 Å². The molecule has 1 aromatic heterocycles. The summed E-state index contributed by atoms with van der Waals surface area (Å²) in [7, 11) is -3.68. The van der Waals surface area contributed by atoms with Crippen molar-refractivity contribution in [3.05, 3.63) is 44.2 Å². The largest absolute Gasteiger partial charge is 0.391 e. The highest BCUT2D eigenvalue weighted by Gasteiger charge is 2.19. The van der Waals surface area contributed by atoms with Crippen LogP contribution in [0.25, 0.3) is 0 Å². The number of hydrogen-bond acceptors (Lipinski definition) is 4. The van der Waals surface area contributed by atoms with E-state index in [-0.39, 0.29) is 10.8 Å². The van der Waals surface area contributed by atoms with Gasteiger partial charge in [-0.15, -0.1) is 11.3 Å². The van der Waals surface area contributed by atoms with Crippen molar-refractivity contribution in [1.82, 2.24) is 0 Å². The summed E-state index contributed by atoms with van der Waals surface area (Å²) in [6.45, 7) is 1.59. The molecule has 0 saturated carbocycles. The average molecular weight is 397 g/mol. The van der Waals surface area contributed by atoms with E-state index in [9.17, 15) is 8.42 Å². The van der Waals surface area contributed by atoms with Gasteiger partial charge in [-0.25, -0.2) is 8.42 Å². The van der Waals surface area contributed by atoms with E-state index < -0.39 is 10.0 Å². The van der Waals surface area contributed by atoms with Crippen LogP contribution in [0.15, 0.2) is 32.9 Å². The smallest absolute Gasteiger partial charge is 0.271 e. The van der Waals surface area contributed by atoms with Crippen molar-refractivity contribution >= 4 is 54.6 Å². The number of benzene rings is 1. The van der Waals surface area contributed by atoms with Crippen LogP contribution in [-0.4, -0.2) is 13.5 Å². The standard InChI is InChI=1S/C12H11BrClNO3S2/c1-7-4-12(19-11(7)6-16)20(17,18)15-10-3-2-8(14)5-9(10)13/h2-5,15-16H,6H2,1H3. The fourth-order valence-corrected chi connectivity index (χ4v) is 4.99. The van der Waals surface area contributed by atoms with E-state index in [4.69, 9.17) is 16.7 Å². The Morgan fingerprint density at radius 2 is 2.10 bits per heavy atom. The second-order valence-electron chi connectivity index (χ2n) is 4.06. The van der Waals surface area contributed by atoms with Crippen LogP contribution >= 0.6 is 38.9 Å². The van der Waals surface area contributed by atoms with Crippen molar-refractivity contribution < 1.29 is 13.5 Å².